The summed E-state index contributed by atoms with van der Waals surface area (Å²) in [5.74, 6) is -0.0595. The predicted molar refractivity (Wildman–Crippen MR) is 168 cm³/mol. The molecule has 0 bridgehead atoms. The first-order chi connectivity index (χ1) is 20.2. The summed E-state index contributed by atoms with van der Waals surface area (Å²) in [7, 11) is 0. The lowest BCUT2D eigenvalue weighted by Crippen LogP contribution is -2.37. The van der Waals surface area contributed by atoms with Gasteiger partial charge in [0.15, 0.2) is 0 Å². The summed E-state index contributed by atoms with van der Waals surface area (Å²) in [4.78, 5) is 32.8. The zero-order valence-corrected chi connectivity index (χ0v) is 25.4. The summed E-state index contributed by atoms with van der Waals surface area (Å²) < 4.78 is 5.55. The second-order valence-electron chi connectivity index (χ2n) is 11.7. The Bertz CT molecular complexity index is 1530. The third-order valence-corrected chi connectivity index (χ3v) is 8.24. The number of hydrogen-bond donors (Lipinski definition) is 1. The van der Waals surface area contributed by atoms with Crippen molar-refractivity contribution in [3.8, 4) is 21.7 Å². The van der Waals surface area contributed by atoms with E-state index in [1.165, 1.54) is 11.3 Å². The molecule has 0 spiro atoms. The number of hydrogen-bond acceptors (Lipinski definition) is 8. The Labute approximate surface area is 251 Å². The van der Waals surface area contributed by atoms with E-state index < -0.39 is 5.60 Å². The summed E-state index contributed by atoms with van der Waals surface area (Å²) in [5.41, 5.74) is 5.83. The fraction of sp³-hybridized carbons (Fsp3) is 0.364. The van der Waals surface area contributed by atoms with Crippen LogP contribution in [0.3, 0.4) is 0 Å². The van der Waals surface area contributed by atoms with Crippen LogP contribution in [0.15, 0.2) is 66.3 Å². The van der Waals surface area contributed by atoms with E-state index in [1.54, 1.807) is 17.8 Å². The minimum Gasteiger partial charge on any atom is -0.460 e. The number of esters is 1. The van der Waals surface area contributed by atoms with Crippen LogP contribution in [-0.2, 0) is 9.53 Å². The molecule has 1 amide bonds. The van der Waals surface area contributed by atoms with Crippen molar-refractivity contribution in [1.29, 1.82) is 0 Å². The Morgan fingerprint density at radius 3 is 2.62 bits per heavy atom. The van der Waals surface area contributed by atoms with Crippen LogP contribution in [0, 0.1) is 12.8 Å². The van der Waals surface area contributed by atoms with Gasteiger partial charge >= 0.3 is 5.97 Å². The molecule has 4 aromatic rings. The van der Waals surface area contributed by atoms with Crippen LogP contribution in [0.5, 0.6) is 0 Å². The van der Waals surface area contributed by atoms with Gasteiger partial charge in [0, 0.05) is 30.5 Å². The minimum absolute atomic E-state index is 0.153. The summed E-state index contributed by atoms with van der Waals surface area (Å²) in [6.45, 7) is 9.49. The molecule has 42 heavy (non-hydrogen) atoms. The van der Waals surface area contributed by atoms with Crippen molar-refractivity contribution in [2.75, 3.05) is 23.3 Å². The number of carbonyl (C=O) groups is 2. The highest BCUT2D eigenvalue weighted by Crippen LogP contribution is 2.39. The molecular formula is C33H37N5O3S. The highest BCUT2D eigenvalue weighted by atomic mass is 32.1. The van der Waals surface area contributed by atoms with Crippen LogP contribution in [-0.4, -0.2) is 45.7 Å². The first kappa shape index (κ1) is 29.4. The standard InChI is InChI=1S/C33H37N5O3S/c1-22-26(24-10-6-5-7-11-24)13-14-27(36-31(40)28-21-42-32(37-28)25-16-17-34-35-19-25)30(22)38-18-8-9-23(20-38)12-15-29(39)41-33(2,3)4/h5-7,10-11,13-14,16-17,19,21,23H,8-9,12,15,18,20H2,1-4H3,(H,36,40)/t23-/m0/s1. The van der Waals surface area contributed by atoms with Gasteiger partial charge in [-0.3, -0.25) is 9.59 Å². The number of rotatable bonds is 8. The van der Waals surface area contributed by atoms with Gasteiger partial charge in [-0.25, -0.2) is 4.98 Å². The molecule has 218 valence electrons. The van der Waals surface area contributed by atoms with Gasteiger partial charge < -0.3 is 15.0 Å². The van der Waals surface area contributed by atoms with E-state index in [9.17, 15) is 9.59 Å². The zero-order valence-electron chi connectivity index (χ0n) is 24.6. The quantitative estimate of drug-likeness (QED) is 0.220. The number of aromatic nitrogens is 3. The molecular weight excluding hydrogens is 546 g/mol. The second-order valence-corrected chi connectivity index (χ2v) is 12.6. The third kappa shape index (κ3) is 7.20. The lowest BCUT2D eigenvalue weighted by atomic mass is 9.91. The van der Waals surface area contributed by atoms with Crippen LogP contribution in [0.25, 0.3) is 21.7 Å². The van der Waals surface area contributed by atoms with Crippen LogP contribution >= 0.6 is 11.3 Å². The molecule has 1 saturated heterocycles. The Morgan fingerprint density at radius 1 is 1.07 bits per heavy atom. The lowest BCUT2D eigenvalue weighted by molar-refractivity contribution is -0.155. The zero-order chi connectivity index (χ0) is 29.7. The highest BCUT2D eigenvalue weighted by Gasteiger charge is 2.27. The first-order valence-electron chi connectivity index (χ1n) is 14.4. The average molecular weight is 584 g/mol. The third-order valence-electron chi connectivity index (χ3n) is 7.34. The largest absolute Gasteiger partial charge is 0.460 e. The molecule has 0 unspecified atom stereocenters. The smallest absolute Gasteiger partial charge is 0.306 e. The van der Waals surface area contributed by atoms with Gasteiger partial charge in [0.1, 0.15) is 16.3 Å². The van der Waals surface area contributed by atoms with Crippen LogP contribution in [0.1, 0.15) is 62.5 Å². The lowest BCUT2D eigenvalue weighted by Gasteiger charge is -2.37. The minimum atomic E-state index is -0.481. The van der Waals surface area contributed by atoms with E-state index >= 15 is 0 Å². The van der Waals surface area contributed by atoms with Gasteiger partial charge in [-0.05, 0) is 81.7 Å². The molecule has 1 N–H and O–H groups in total. The number of anilines is 2. The van der Waals surface area contributed by atoms with Crippen LogP contribution < -0.4 is 10.2 Å². The van der Waals surface area contributed by atoms with E-state index in [1.807, 2.05) is 51.1 Å². The topological polar surface area (TPSA) is 97.3 Å². The van der Waals surface area contributed by atoms with Crippen molar-refractivity contribution < 1.29 is 14.3 Å². The fourth-order valence-corrected chi connectivity index (χ4v) is 6.26. The van der Waals surface area contributed by atoms with Gasteiger partial charge in [-0.1, -0.05) is 36.4 Å². The Balaban J connectivity index is 1.40. The molecule has 1 atom stereocenters. The van der Waals surface area contributed by atoms with Gasteiger partial charge in [0.25, 0.3) is 5.91 Å². The van der Waals surface area contributed by atoms with Crippen LogP contribution in [0.2, 0.25) is 0 Å². The van der Waals surface area contributed by atoms with Crippen molar-refractivity contribution in [1.82, 2.24) is 15.2 Å². The van der Waals surface area contributed by atoms with Crippen molar-refractivity contribution >= 4 is 34.6 Å². The van der Waals surface area contributed by atoms with Gasteiger partial charge in [-0.15, -0.1) is 11.3 Å². The Kier molecular flexibility index (Phi) is 8.97. The Hall–Kier alpha value is -4.11. The number of nitrogens with zero attached hydrogens (tertiary/aromatic N) is 4. The molecule has 9 heteroatoms. The maximum absolute atomic E-state index is 13.5. The van der Waals surface area contributed by atoms with E-state index in [-0.39, 0.29) is 11.9 Å². The summed E-state index contributed by atoms with van der Waals surface area (Å²) in [5, 5.41) is 13.4. The Morgan fingerprint density at radius 2 is 1.88 bits per heavy atom. The normalized spacial score (nSPS) is 15.3. The molecule has 0 radical (unpaired) electrons. The second kappa shape index (κ2) is 12.8. The molecule has 2 aromatic heterocycles. The number of amides is 1. The molecule has 2 aromatic carbocycles. The number of nitrogens with one attached hydrogen (secondary N) is 1. The number of ether oxygens (including phenoxy) is 1. The molecule has 1 aliphatic rings. The summed E-state index contributed by atoms with van der Waals surface area (Å²) in [6.07, 6.45) is 6.50. The van der Waals surface area contributed by atoms with E-state index in [2.05, 4.69) is 50.5 Å². The molecule has 1 fully saturated rings. The molecule has 8 nitrogen and oxygen atoms in total. The maximum atomic E-state index is 13.5. The van der Waals surface area contributed by atoms with Gasteiger partial charge in [0.05, 0.1) is 23.8 Å². The van der Waals surface area contributed by atoms with Crippen molar-refractivity contribution in [2.45, 2.75) is 59.0 Å². The molecule has 0 saturated carbocycles. The number of thiazole rings is 1. The van der Waals surface area contributed by atoms with E-state index in [4.69, 9.17) is 4.74 Å². The number of benzene rings is 2. The average Bonchev–Trinajstić information content (AvgIpc) is 3.47. The van der Waals surface area contributed by atoms with Crippen molar-refractivity contribution in [2.24, 2.45) is 5.92 Å². The summed E-state index contributed by atoms with van der Waals surface area (Å²) in [6, 6.07) is 16.2. The summed E-state index contributed by atoms with van der Waals surface area (Å²) >= 11 is 1.40. The van der Waals surface area contributed by atoms with Crippen LogP contribution in [0.4, 0.5) is 11.4 Å². The fourth-order valence-electron chi connectivity index (χ4n) is 5.47. The highest BCUT2D eigenvalue weighted by molar-refractivity contribution is 7.13. The van der Waals surface area contributed by atoms with Gasteiger partial charge in [-0.2, -0.15) is 10.2 Å². The number of carbonyl (C=O) groups excluding carboxylic acids is 2. The van der Waals surface area contributed by atoms with E-state index in [0.717, 1.165) is 71.0 Å². The van der Waals surface area contributed by atoms with E-state index in [0.29, 0.717) is 18.0 Å². The number of piperidine rings is 1. The monoisotopic (exact) mass is 583 g/mol. The molecule has 0 aliphatic carbocycles. The molecule has 1 aliphatic heterocycles. The van der Waals surface area contributed by atoms with Gasteiger partial charge in [0.2, 0.25) is 0 Å². The first-order valence-corrected chi connectivity index (χ1v) is 15.3. The van der Waals surface area contributed by atoms with Crippen molar-refractivity contribution in [3.05, 3.63) is 77.6 Å². The predicted octanol–water partition coefficient (Wildman–Crippen LogP) is 7.17. The molecule has 3 heterocycles. The SMILES string of the molecule is Cc1c(-c2ccccc2)ccc(NC(=O)c2csc(-c3ccnnc3)n2)c1N1CCC[C@@H](CCC(=O)OC(C)(C)C)C1. The maximum Gasteiger partial charge on any atom is 0.306 e. The molecule has 5 rings (SSSR count). The van der Waals surface area contributed by atoms with Crippen molar-refractivity contribution in [3.63, 3.8) is 0 Å².